The van der Waals surface area contributed by atoms with Crippen LogP contribution in [0.15, 0.2) is 29.0 Å². The second-order valence-electron chi connectivity index (χ2n) is 3.27. The highest BCUT2D eigenvalue weighted by atomic mass is 79.9. The lowest BCUT2D eigenvalue weighted by atomic mass is 10.3. The summed E-state index contributed by atoms with van der Waals surface area (Å²) in [4.78, 5) is 8.07. The van der Waals surface area contributed by atoms with Gasteiger partial charge in [0.2, 0.25) is 5.88 Å². The maximum Gasteiger partial charge on any atom is 0.238 e. The van der Waals surface area contributed by atoms with Crippen LogP contribution in [-0.4, -0.2) is 17.0 Å². The highest BCUT2D eigenvalue weighted by Gasteiger charge is 2.10. The van der Waals surface area contributed by atoms with Crippen LogP contribution in [0.5, 0.6) is 11.6 Å². The van der Waals surface area contributed by atoms with Crippen molar-refractivity contribution < 1.29 is 4.74 Å². The van der Waals surface area contributed by atoms with E-state index in [1.54, 1.807) is 25.2 Å². The van der Waals surface area contributed by atoms with Gasteiger partial charge in [0.1, 0.15) is 22.4 Å². The molecule has 4 nitrogen and oxygen atoms in total. The zero-order chi connectivity index (χ0) is 13.1. The molecule has 1 aromatic carbocycles. The van der Waals surface area contributed by atoms with E-state index in [4.69, 9.17) is 27.9 Å². The van der Waals surface area contributed by atoms with Crippen LogP contribution in [0.2, 0.25) is 10.0 Å². The molecule has 0 bridgehead atoms. The molecule has 0 saturated carbocycles. The number of anilines is 1. The molecule has 1 aromatic heterocycles. The molecular formula is C11H8BrCl2N3O. The summed E-state index contributed by atoms with van der Waals surface area (Å²) in [6.07, 6.45) is 1.41. The molecule has 0 atom stereocenters. The highest BCUT2D eigenvalue weighted by molar-refractivity contribution is 9.10. The van der Waals surface area contributed by atoms with Gasteiger partial charge in [0.25, 0.3) is 0 Å². The lowest BCUT2D eigenvalue weighted by Gasteiger charge is -2.09. The van der Waals surface area contributed by atoms with E-state index in [1.807, 2.05) is 0 Å². The summed E-state index contributed by atoms with van der Waals surface area (Å²) in [5.74, 6) is 1.58. The molecule has 94 valence electrons. The SMILES string of the molecule is CNc1ncnc(Oc2ccc(Cl)c(Cl)c2)c1Br. The number of nitrogens with one attached hydrogen (secondary N) is 1. The molecule has 0 unspecified atom stereocenters. The molecular weight excluding hydrogens is 341 g/mol. The molecule has 7 heteroatoms. The fraction of sp³-hybridized carbons (Fsp3) is 0.0909. The first-order valence-electron chi connectivity index (χ1n) is 4.93. The normalized spacial score (nSPS) is 10.2. The monoisotopic (exact) mass is 347 g/mol. The third-order valence-electron chi connectivity index (χ3n) is 2.10. The lowest BCUT2D eigenvalue weighted by molar-refractivity contribution is 0.458. The zero-order valence-corrected chi connectivity index (χ0v) is 12.3. The van der Waals surface area contributed by atoms with E-state index in [-0.39, 0.29) is 0 Å². The topological polar surface area (TPSA) is 47.0 Å². The molecule has 0 aliphatic rings. The van der Waals surface area contributed by atoms with Crippen LogP contribution in [0, 0.1) is 0 Å². The standard InChI is InChI=1S/C11H8BrCl2N3O/c1-15-10-9(12)11(17-5-16-10)18-6-2-3-7(13)8(14)4-6/h2-5H,1H3,(H,15,16,17). The van der Waals surface area contributed by atoms with Crippen LogP contribution in [0.4, 0.5) is 5.82 Å². The summed E-state index contributed by atoms with van der Waals surface area (Å²) < 4.78 is 6.24. The van der Waals surface area contributed by atoms with E-state index in [2.05, 4.69) is 31.2 Å². The highest BCUT2D eigenvalue weighted by Crippen LogP contribution is 2.33. The molecule has 0 aliphatic carbocycles. The average molecular weight is 349 g/mol. The van der Waals surface area contributed by atoms with Crippen LogP contribution in [0.3, 0.4) is 0 Å². The van der Waals surface area contributed by atoms with E-state index in [0.717, 1.165) is 0 Å². The molecule has 2 aromatic rings. The minimum atomic E-state index is 0.396. The first-order valence-corrected chi connectivity index (χ1v) is 6.48. The van der Waals surface area contributed by atoms with Gasteiger partial charge in [0, 0.05) is 13.1 Å². The van der Waals surface area contributed by atoms with E-state index in [9.17, 15) is 0 Å². The van der Waals surface area contributed by atoms with Crippen molar-refractivity contribution in [2.45, 2.75) is 0 Å². The molecule has 0 aliphatic heterocycles. The lowest BCUT2D eigenvalue weighted by Crippen LogP contribution is -1.97. The smallest absolute Gasteiger partial charge is 0.238 e. The molecule has 1 N–H and O–H groups in total. The number of nitrogens with zero attached hydrogens (tertiary/aromatic N) is 2. The van der Waals surface area contributed by atoms with Crippen molar-refractivity contribution in [3.8, 4) is 11.6 Å². The number of benzene rings is 1. The number of ether oxygens (including phenoxy) is 1. The minimum absolute atomic E-state index is 0.396. The molecule has 0 amide bonds. The predicted molar refractivity (Wildman–Crippen MR) is 75.8 cm³/mol. The first-order chi connectivity index (χ1) is 8.61. The van der Waals surface area contributed by atoms with E-state index in [1.165, 1.54) is 6.33 Å². The van der Waals surface area contributed by atoms with E-state index < -0.39 is 0 Å². The molecule has 0 fully saturated rings. The van der Waals surface area contributed by atoms with Crippen LogP contribution >= 0.6 is 39.1 Å². The Hall–Kier alpha value is -1.04. The molecule has 18 heavy (non-hydrogen) atoms. The van der Waals surface area contributed by atoms with Crippen molar-refractivity contribution in [2.75, 3.05) is 12.4 Å². The van der Waals surface area contributed by atoms with E-state index in [0.29, 0.717) is 32.0 Å². The van der Waals surface area contributed by atoms with Gasteiger partial charge in [0.05, 0.1) is 10.0 Å². The predicted octanol–water partition coefficient (Wildman–Crippen LogP) is 4.38. The van der Waals surface area contributed by atoms with Gasteiger partial charge in [-0.05, 0) is 28.1 Å². The number of rotatable bonds is 3. The average Bonchev–Trinajstić information content (AvgIpc) is 2.36. The van der Waals surface area contributed by atoms with Crippen LogP contribution in [-0.2, 0) is 0 Å². The summed E-state index contributed by atoms with van der Waals surface area (Å²) in [7, 11) is 1.76. The number of hydrogen-bond donors (Lipinski definition) is 1. The molecule has 1 heterocycles. The molecule has 0 radical (unpaired) electrons. The summed E-state index contributed by atoms with van der Waals surface area (Å²) in [6, 6.07) is 4.99. The quantitative estimate of drug-likeness (QED) is 0.894. The first kappa shape index (κ1) is 13.4. The number of hydrogen-bond acceptors (Lipinski definition) is 4. The van der Waals surface area contributed by atoms with Gasteiger partial charge in [-0.15, -0.1) is 0 Å². The van der Waals surface area contributed by atoms with Crippen molar-refractivity contribution in [3.63, 3.8) is 0 Å². The third-order valence-corrected chi connectivity index (χ3v) is 3.55. The summed E-state index contributed by atoms with van der Waals surface area (Å²) in [6.45, 7) is 0. The zero-order valence-electron chi connectivity index (χ0n) is 9.25. The van der Waals surface area contributed by atoms with Crippen LogP contribution in [0.1, 0.15) is 0 Å². The number of aromatic nitrogens is 2. The maximum atomic E-state index is 5.91. The van der Waals surface area contributed by atoms with Gasteiger partial charge in [-0.3, -0.25) is 0 Å². The summed E-state index contributed by atoms with van der Waals surface area (Å²) in [5, 5.41) is 3.81. The Bertz CT molecular complexity index is 580. The maximum absolute atomic E-state index is 5.91. The molecule has 0 saturated heterocycles. The Balaban J connectivity index is 2.31. The van der Waals surface area contributed by atoms with Crippen molar-refractivity contribution in [1.29, 1.82) is 0 Å². The van der Waals surface area contributed by atoms with Gasteiger partial charge in [-0.2, -0.15) is 0 Å². The number of halogens is 3. The van der Waals surface area contributed by atoms with Gasteiger partial charge >= 0.3 is 0 Å². The van der Waals surface area contributed by atoms with Crippen molar-refractivity contribution in [3.05, 3.63) is 39.0 Å². The Morgan fingerprint density at radius 1 is 1.22 bits per heavy atom. The largest absolute Gasteiger partial charge is 0.438 e. The Morgan fingerprint density at radius 2 is 2.00 bits per heavy atom. The van der Waals surface area contributed by atoms with Crippen LogP contribution < -0.4 is 10.1 Å². The summed E-state index contributed by atoms with van der Waals surface area (Å²) >= 11 is 15.1. The van der Waals surface area contributed by atoms with Crippen molar-refractivity contribution in [2.24, 2.45) is 0 Å². The summed E-state index contributed by atoms with van der Waals surface area (Å²) in [5.41, 5.74) is 0. The minimum Gasteiger partial charge on any atom is -0.438 e. The van der Waals surface area contributed by atoms with Crippen LogP contribution in [0.25, 0.3) is 0 Å². The third kappa shape index (κ3) is 2.85. The second kappa shape index (κ2) is 5.73. The van der Waals surface area contributed by atoms with Crippen molar-refractivity contribution in [1.82, 2.24) is 9.97 Å². The Kier molecular flexibility index (Phi) is 4.27. The Morgan fingerprint density at radius 3 is 2.67 bits per heavy atom. The Labute approximate surface area is 122 Å². The molecule has 2 rings (SSSR count). The van der Waals surface area contributed by atoms with Gasteiger partial charge in [-0.25, -0.2) is 9.97 Å². The fourth-order valence-corrected chi connectivity index (χ4v) is 2.02. The molecule has 0 spiro atoms. The van der Waals surface area contributed by atoms with Gasteiger partial charge in [-0.1, -0.05) is 23.2 Å². The van der Waals surface area contributed by atoms with E-state index >= 15 is 0 Å². The van der Waals surface area contributed by atoms with Gasteiger partial charge in [0.15, 0.2) is 0 Å². The van der Waals surface area contributed by atoms with Gasteiger partial charge < -0.3 is 10.1 Å². The second-order valence-corrected chi connectivity index (χ2v) is 4.88. The fourth-order valence-electron chi connectivity index (χ4n) is 1.25. The van der Waals surface area contributed by atoms with Crippen molar-refractivity contribution >= 4 is 44.9 Å².